The minimum atomic E-state index is -1.03. The molecule has 0 bridgehead atoms. The van der Waals surface area contributed by atoms with Gasteiger partial charge in [0.25, 0.3) is 0 Å². The molecule has 6 heteroatoms. The number of hydrogen-bond acceptors (Lipinski definition) is 4. The van der Waals surface area contributed by atoms with Crippen molar-refractivity contribution >= 4 is 23.6 Å². The number of nitrogens with two attached hydrogens (primary N) is 1. The van der Waals surface area contributed by atoms with Gasteiger partial charge in [-0.05, 0) is 32.6 Å². The number of aliphatic carboxylic acids is 1. The minimum absolute atomic E-state index is 0.0400. The predicted molar refractivity (Wildman–Crippen MR) is 76.9 cm³/mol. The highest BCUT2D eigenvalue weighted by atomic mass is 32.2. The van der Waals surface area contributed by atoms with E-state index in [-0.39, 0.29) is 17.4 Å². The molecule has 0 fully saturated rings. The van der Waals surface area contributed by atoms with Gasteiger partial charge in [-0.3, -0.25) is 9.59 Å². The molecule has 0 aliphatic heterocycles. The summed E-state index contributed by atoms with van der Waals surface area (Å²) in [4.78, 5) is 24.5. The Balaban J connectivity index is 2.41. The highest BCUT2D eigenvalue weighted by Gasteiger charge is 2.19. The van der Waals surface area contributed by atoms with E-state index >= 15 is 0 Å². The Bertz CT molecular complexity index is 358. The summed E-state index contributed by atoms with van der Waals surface area (Å²) in [7, 11) is 0. The maximum absolute atomic E-state index is 12.1. The van der Waals surface area contributed by atoms with Crippen molar-refractivity contribution in [2.45, 2.75) is 38.6 Å². The fourth-order valence-corrected chi connectivity index (χ4v) is 2.87. The lowest BCUT2D eigenvalue weighted by atomic mass is 10.0. The Kier molecular flexibility index (Phi) is 6.94. The van der Waals surface area contributed by atoms with E-state index in [1.165, 1.54) is 18.2 Å². The van der Waals surface area contributed by atoms with Crippen LogP contribution in [0.15, 0.2) is 11.8 Å². The van der Waals surface area contributed by atoms with Crippen LogP contribution in [0.4, 0.5) is 0 Å². The van der Waals surface area contributed by atoms with Crippen molar-refractivity contribution in [2.75, 3.05) is 18.1 Å². The van der Waals surface area contributed by atoms with Crippen LogP contribution >= 0.6 is 11.8 Å². The summed E-state index contributed by atoms with van der Waals surface area (Å²) >= 11 is 1.28. The summed E-state index contributed by atoms with van der Waals surface area (Å²) in [6.45, 7) is 2.62. The summed E-state index contributed by atoms with van der Waals surface area (Å²) in [5.74, 6) is -0.440. The van der Waals surface area contributed by atoms with Crippen LogP contribution in [0.3, 0.4) is 0 Å². The number of rotatable bonds is 7. The highest BCUT2D eigenvalue weighted by molar-refractivity contribution is 8.00. The number of hydrogen-bond donors (Lipinski definition) is 2. The maximum Gasteiger partial charge on any atom is 0.321 e. The summed E-state index contributed by atoms with van der Waals surface area (Å²) in [5, 5.41) is 8.66. The molecule has 0 heterocycles. The summed E-state index contributed by atoms with van der Waals surface area (Å²) < 4.78 is 0. The SMILES string of the molecule is CCN(C(=O)CSC[C@@H](N)C(=O)O)C1=CCCCC1. The number of carbonyl (C=O) groups is 2. The maximum atomic E-state index is 12.1. The molecule has 0 radical (unpaired) electrons. The zero-order valence-electron chi connectivity index (χ0n) is 11.3. The third-order valence-electron chi connectivity index (χ3n) is 3.07. The van der Waals surface area contributed by atoms with Crippen molar-refractivity contribution in [3.05, 3.63) is 11.8 Å². The molecule has 1 atom stereocenters. The molecule has 108 valence electrons. The lowest BCUT2D eigenvalue weighted by Gasteiger charge is -2.26. The van der Waals surface area contributed by atoms with Crippen molar-refractivity contribution in [2.24, 2.45) is 5.73 Å². The first-order valence-electron chi connectivity index (χ1n) is 6.61. The van der Waals surface area contributed by atoms with Crippen LogP contribution < -0.4 is 5.73 Å². The summed E-state index contributed by atoms with van der Waals surface area (Å²) in [6.07, 6.45) is 6.46. The van der Waals surface area contributed by atoms with E-state index in [4.69, 9.17) is 10.8 Å². The van der Waals surface area contributed by atoms with Crippen LogP contribution in [0.25, 0.3) is 0 Å². The Morgan fingerprint density at radius 1 is 1.53 bits per heavy atom. The normalized spacial score (nSPS) is 16.6. The first-order chi connectivity index (χ1) is 9.06. The van der Waals surface area contributed by atoms with Crippen molar-refractivity contribution in [1.29, 1.82) is 0 Å². The number of carboxylic acids is 1. The van der Waals surface area contributed by atoms with Gasteiger partial charge in [0, 0.05) is 18.0 Å². The molecule has 1 aliphatic rings. The molecule has 0 unspecified atom stereocenters. The van der Waals surface area contributed by atoms with E-state index in [9.17, 15) is 9.59 Å². The number of carbonyl (C=O) groups excluding carboxylic acids is 1. The molecule has 0 saturated carbocycles. The Hall–Kier alpha value is -1.01. The first-order valence-corrected chi connectivity index (χ1v) is 7.77. The molecule has 0 aromatic rings. The molecule has 3 N–H and O–H groups in total. The molecule has 0 spiro atoms. The van der Waals surface area contributed by atoms with Gasteiger partial charge in [0.1, 0.15) is 6.04 Å². The number of carboxylic acid groups (broad SMARTS) is 1. The van der Waals surface area contributed by atoms with Gasteiger partial charge in [-0.1, -0.05) is 6.08 Å². The monoisotopic (exact) mass is 286 g/mol. The third kappa shape index (κ3) is 5.24. The van der Waals surface area contributed by atoms with Gasteiger partial charge in [0.15, 0.2) is 0 Å². The van der Waals surface area contributed by atoms with Crippen molar-refractivity contribution in [1.82, 2.24) is 4.90 Å². The summed E-state index contributed by atoms with van der Waals surface area (Å²) in [6, 6.07) is -0.901. The second-order valence-electron chi connectivity index (χ2n) is 4.54. The molecule has 5 nitrogen and oxygen atoms in total. The van der Waals surface area contributed by atoms with Crippen LogP contribution in [-0.2, 0) is 9.59 Å². The molecule has 0 aromatic carbocycles. The smallest absolute Gasteiger partial charge is 0.321 e. The largest absolute Gasteiger partial charge is 0.480 e. The number of amides is 1. The van der Waals surface area contributed by atoms with Crippen LogP contribution in [-0.4, -0.2) is 46.0 Å². The second-order valence-corrected chi connectivity index (χ2v) is 5.57. The molecular weight excluding hydrogens is 264 g/mol. The van der Waals surface area contributed by atoms with Crippen LogP contribution in [0.2, 0.25) is 0 Å². The average molecular weight is 286 g/mol. The van der Waals surface area contributed by atoms with Crippen LogP contribution in [0.1, 0.15) is 32.6 Å². The van der Waals surface area contributed by atoms with Crippen LogP contribution in [0.5, 0.6) is 0 Å². The van der Waals surface area contributed by atoms with Crippen molar-refractivity contribution < 1.29 is 14.7 Å². The quantitative estimate of drug-likeness (QED) is 0.740. The summed E-state index contributed by atoms with van der Waals surface area (Å²) in [5.41, 5.74) is 6.51. The van der Waals surface area contributed by atoms with Gasteiger partial charge in [-0.2, -0.15) is 0 Å². The Morgan fingerprint density at radius 2 is 2.26 bits per heavy atom. The van der Waals surface area contributed by atoms with Crippen molar-refractivity contribution in [3.63, 3.8) is 0 Å². The fraction of sp³-hybridized carbons (Fsp3) is 0.692. The van der Waals surface area contributed by atoms with E-state index in [2.05, 4.69) is 6.08 Å². The van der Waals surface area contributed by atoms with E-state index < -0.39 is 12.0 Å². The van der Waals surface area contributed by atoms with Gasteiger partial charge >= 0.3 is 5.97 Å². The zero-order valence-corrected chi connectivity index (χ0v) is 12.1. The molecule has 0 saturated heterocycles. The van der Waals surface area contributed by atoms with Gasteiger partial charge < -0.3 is 15.7 Å². The van der Waals surface area contributed by atoms with Gasteiger partial charge in [0.2, 0.25) is 5.91 Å². The number of thioether (sulfide) groups is 1. The highest BCUT2D eigenvalue weighted by Crippen LogP contribution is 2.21. The predicted octanol–water partition coefficient (Wildman–Crippen LogP) is 1.44. The lowest BCUT2D eigenvalue weighted by molar-refractivity contribution is -0.138. The van der Waals surface area contributed by atoms with E-state index in [0.29, 0.717) is 6.54 Å². The van der Waals surface area contributed by atoms with E-state index in [0.717, 1.165) is 25.0 Å². The number of nitrogens with zero attached hydrogens (tertiary/aromatic N) is 1. The van der Waals surface area contributed by atoms with Gasteiger partial charge in [0.05, 0.1) is 5.75 Å². The Labute approximate surface area is 118 Å². The fourth-order valence-electron chi connectivity index (χ4n) is 2.03. The molecule has 1 amide bonds. The first kappa shape index (κ1) is 16.0. The molecule has 0 aromatic heterocycles. The van der Waals surface area contributed by atoms with Gasteiger partial charge in [-0.15, -0.1) is 11.8 Å². The van der Waals surface area contributed by atoms with E-state index in [1.54, 1.807) is 4.90 Å². The molecular formula is C13H22N2O3S. The minimum Gasteiger partial charge on any atom is -0.480 e. The zero-order chi connectivity index (χ0) is 14.3. The van der Waals surface area contributed by atoms with Crippen LogP contribution in [0, 0.1) is 0 Å². The second kappa shape index (κ2) is 8.22. The molecule has 19 heavy (non-hydrogen) atoms. The molecule has 1 rings (SSSR count). The topological polar surface area (TPSA) is 83.6 Å². The molecule has 1 aliphatic carbocycles. The average Bonchev–Trinajstić information content (AvgIpc) is 2.40. The van der Waals surface area contributed by atoms with Gasteiger partial charge in [-0.25, -0.2) is 0 Å². The van der Waals surface area contributed by atoms with Crippen molar-refractivity contribution in [3.8, 4) is 0 Å². The number of allylic oxidation sites excluding steroid dienone is 2. The standard InChI is InChI=1S/C13H22N2O3S/c1-2-15(10-6-4-3-5-7-10)12(16)9-19-8-11(14)13(17)18/h6,11H,2-5,7-9,14H2,1H3,(H,17,18)/t11-/m1/s1. The Morgan fingerprint density at radius 3 is 2.79 bits per heavy atom. The van der Waals surface area contributed by atoms with E-state index in [1.807, 2.05) is 6.92 Å². The third-order valence-corrected chi connectivity index (χ3v) is 4.12. The lowest BCUT2D eigenvalue weighted by Crippen LogP contribution is -2.35.